The maximum atomic E-state index is 9.83. The second kappa shape index (κ2) is 5.37. The molecule has 114 valence electrons. The number of methoxy groups -OCH3 is 1. The van der Waals surface area contributed by atoms with Gasteiger partial charge >= 0.3 is 0 Å². The second-order valence-corrected chi connectivity index (χ2v) is 5.39. The summed E-state index contributed by atoms with van der Waals surface area (Å²) in [6.45, 7) is -0.265. The molecule has 0 spiro atoms. The normalized spacial score (nSPS) is 25.6. The molecule has 2 aromatic heterocycles. The van der Waals surface area contributed by atoms with E-state index in [0.29, 0.717) is 27.9 Å². The molecule has 1 aliphatic heterocycles. The van der Waals surface area contributed by atoms with Crippen molar-refractivity contribution in [3.8, 4) is 5.88 Å². The van der Waals surface area contributed by atoms with Gasteiger partial charge < -0.3 is 25.4 Å². The molecule has 0 amide bonds. The van der Waals surface area contributed by atoms with Crippen LogP contribution in [-0.2, 0) is 4.74 Å². The number of nitrogens with two attached hydrogens (primary N) is 1. The van der Waals surface area contributed by atoms with Crippen molar-refractivity contribution in [3.05, 3.63) is 4.60 Å². The summed E-state index contributed by atoms with van der Waals surface area (Å²) >= 11 is 3.33. The highest BCUT2D eigenvalue weighted by atomic mass is 79.9. The molecule has 3 rings (SSSR count). The SMILES string of the molecule is COc1nc(N)nc2c1c(Br)nn2[C@H]1C[C@H](O)[C@@H](CO)O1. The van der Waals surface area contributed by atoms with E-state index in [0.717, 1.165) is 0 Å². The molecule has 1 saturated heterocycles. The van der Waals surface area contributed by atoms with Gasteiger partial charge in [0.05, 0.1) is 19.8 Å². The van der Waals surface area contributed by atoms with E-state index in [1.807, 2.05) is 0 Å². The lowest BCUT2D eigenvalue weighted by atomic mass is 10.2. The first kappa shape index (κ1) is 14.4. The number of fused-ring (bicyclic) bond motifs is 1. The Balaban J connectivity index is 2.10. The largest absolute Gasteiger partial charge is 0.480 e. The lowest BCUT2D eigenvalue weighted by Gasteiger charge is -2.13. The van der Waals surface area contributed by atoms with Crippen LogP contribution < -0.4 is 10.5 Å². The van der Waals surface area contributed by atoms with Crippen molar-refractivity contribution in [1.82, 2.24) is 19.7 Å². The van der Waals surface area contributed by atoms with E-state index in [-0.39, 0.29) is 12.6 Å². The molecule has 1 aliphatic rings. The van der Waals surface area contributed by atoms with Crippen molar-refractivity contribution < 1.29 is 19.7 Å². The quantitative estimate of drug-likeness (QED) is 0.688. The summed E-state index contributed by atoms with van der Waals surface area (Å²) in [6, 6.07) is 0. The van der Waals surface area contributed by atoms with Gasteiger partial charge in [-0.25, -0.2) is 4.68 Å². The first-order valence-electron chi connectivity index (χ1n) is 6.24. The maximum Gasteiger partial charge on any atom is 0.230 e. The Kier molecular flexibility index (Phi) is 3.69. The van der Waals surface area contributed by atoms with Gasteiger partial charge in [-0.3, -0.25) is 0 Å². The smallest absolute Gasteiger partial charge is 0.230 e. The van der Waals surface area contributed by atoms with Crippen LogP contribution >= 0.6 is 15.9 Å². The first-order valence-corrected chi connectivity index (χ1v) is 7.04. The Morgan fingerprint density at radius 2 is 2.29 bits per heavy atom. The van der Waals surface area contributed by atoms with Crippen molar-refractivity contribution in [2.45, 2.75) is 24.9 Å². The summed E-state index contributed by atoms with van der Waals surface area (Å²) in [5.74, 6) is 0.345. The molecule has 3 heterocycles. The van der Waals surface area contributed by atoms with Crippen molar-refractivity contribution in [2.24, 2.45) is 0 Å². The van der Waals surface area contributed by atoms with E-state index in [1.165, 1.54) is 11.8 Å². The summed E-state index contributed by atoms with van der Waals surface area (Å²) in [6.07, 6.45) is -1.67. The summed E-state index contributed by atoms with van der Waals surface area (Å²) in [5, 5.41) is 23.9. The van der Waals surface area contributed by atoms with Gasteiger partial charge in [0.25, 0.3) is 0 Å². The molecule has 0 radical (unpaired) electrons. The lowest BCUT2D eigenvalue weighted by molar-refractivity contribution is -0.0471. The number of halogens is 1. The van der Waals surface area contributed by atoms with Gasteiger partial charge in [-0.1, -0.05) is 0 Å². The number of anilines is 1. The fourth-order valence-corrected chi connectivity index (χ4v) is 2.88. The predicted molar refractivity (Wildman–Crippen MR) is 75.6 cm³/mol. The molecule has 1 fully saturated rings. The van der Waals surface area contributed by atoms with Crippen LogP contribution in [0.25, 0.3) is 11.0 Å². The number of ether oxygens (including phenoxy) is 2. The molecule has 0 aromatic carbocycles. The summed E-state index contributed by atoms with van der Waals surface area (Å²) in [7, 11) is 1.47. The molecule has 9 nitrogen and oxygen atoms in total. The number of aliphatic hydroxyl groups excluding tert-OH is 2. The highest BCUT2D eigenvalue weighted by Crippen LogP contribution is 2.35. The van der Waals surface area contributed by atoms with Crippen molar-refractivity contribution in [3.63, 3.8) is 0 Å². The van der Waals surface area contributed by atoms with E-state index < -0.39 is 18.4 Å². The Morgan fingerprint density at radius 1 is 1.52 bits per heavy atom. The van der Waals surface area contributed by atoms with Gasteiger partial charge in [0, 0.05) is 6.42 Å². The van der Waals surface area contributed by atoms with Crippen LogP contribution in [0, 0.1) is 0 Å². The minimum Gasteiger partial charge on any atom is -0.480 e. The van der Waals surface area contributed by atoms with Crippen LogP contribution in [0.5, 0.6) is 5.88 Å². The third-order valence-corrected chi connectivity index (χ3v) is 3.90. The monoisotopic (exact) mass is 359 g/mol. The van der Waals surface area contributed by atoms with Gasteiger partial charge in [0.1, 0.15) is 16.1 Å². The zero-order valence-corrected chi connectivity index (χ0v) is 12.7. The Morgan fingerprint density at radius 3 is 2.90 bits per heavy atom. The zero-order valence-electron chi connectivity index (χ0n) is 11.1. The summed E-state index contributed by atoms with van der Waals surface area (Å²) in [4.78, 5) is 8.16. The van der Waals surface area contributed by atoms with Gasteiger partial charge in [0.2, 0.25) is 11.8 Å². The van der Waals surface area contributed by atoms with Gasteiger partial charge in [-0.2, -0.15) is 15.1 Å². The molecular weight excluding hydrogens is 346 g/mol. The fraction of sp³-hybridized carbons (Fsp3) is 0.545. The van der Waals surface area contributed by atoms with Crippen LogP contribution in [0.2, 0.25) is 0 Å². The van der Waals surface area contributed by atoms with Crippen LogP contribution in [0.3, 0.4) is 0 Å². The number of nitrogen functional groups attached to an aromatic ring is 1. The highest BCUT2D eigenvalue weighted by molar-refractivity contribution is 9.10. The molecule has 0 bridgehead atoms. The Hall–Kier alpha value is -1.49. The first-order chi connectivity index (χ1) is 10.0. The molecule has 21 heavy (non-hydrogen) atoms. The minimum absolute atomic E-state index is 0.0465. The van der Waals surface area contributed by atoms with Crippen LogP contribution in [0.1, 0.15) is 12.6 Å². The van der Waals surface area contributed by atoms with Crippen LogP contribution in [0.4, 0.5) is 5.95 Å². The number of aliphatic hydroxyl groups is 2. The van der Waals surface area contributed by atoms with E-state index >= 15 is 0 Å². The number of hydrogen-bond donors (Lipinski definition) is 3. The van der Waals surface area contributed by atoms with E-state index in [4.69, 9.17) is 20.3 Å². The average molecular weight is 360 g/mol. The predicted octanol–water partition coefficient (Wildman–Crippen LogP) is -0.180. The topological polar surface area (TPSA) is 129 Å². The van der Waals surface area contributed by atoms with Crippen molar-refractivity contribution in [2.75, 3.05) is 19.5 Å². The highest BCUT2D eigenvalue weighted by Gasteiger charge is 2.36. The minimum atomic E-state index is -0.765. The number of aromatic nitrogens is 4. The number of rotatable bonds is 3. The number of nitrogens with zero attached hydrogens (tertiary/aromatic N) is 4. The molecule has 3 atom stereocenters. The molecule has 0 saturated carbocycles. The fourth-order valence-electron chi connectivity index (χ4n) is 2.36. The molecule has 4 N–H and O–H groups in total. The van der Waals surface area contributed by atoms with Gasteiger partial charge in [-0.15, -0.1) is 0 Å². The second-order valence-electron chi connectivity index (χ2n) is 4.64. The summed E-state index contributed by atoms with van der Waals surface area (Å²) in [5.41, 5.74) is 6.10. The van der Waals surface area contributed by atoms with Gasteiger partial charge in [-0.05, 0) is 15.9 Å². The molecule has 2 aromatic rings. The van der Waals surface area contributed by atoms with Crippen molar-refractivity contribution >= 4 is 32.9 Å². The molecule has 0 unspecified atom stereocenters. The summed E-state index contributed by atoms with van der Waals surface area (Å²) < 4.78 is 12.8. The number of hydrogen-bond acceptors (Lipinski definition) is 8. The van der Waals surface area contributed by atoms with E-state index in [9.17, 15) is 5.11 Å². The zero-order chi connectivity index (χ0) is 15.1. The Bertz CT molecular complexity index is 678. The third kappa shape index (κ3) is 2.33. The average Bonchev–Trinajstić information content (AvgIpc) is 2.98. The van der Waals surface area contributed by atoms with E-state index in [1.54, 1.807) is 0 Å². The Labute approximate surface area is 127 Å². The third-order valence-electron chi connectivity index (χ3n) is 3.34. The van der Waals surface area contributed by atoms with Gasteiger partial charge in [0.15, 0.2) is 11.9 Å². The lowest BCUT2D eigenvalue weighted by Crippen LogP contribution is -2.24. The maximum absolute atomic E-state index is 9.83. The van der Waals surface area contributed by atoms with Crippen LogP contribution in [0.15, 0.2) is 4.60 Å². The van der Waals surface area contributed by atoms with Crippen LogP contribution in [-0.4, -0.2) is 55.9 Å². The molecule has 0 aliphatic carbocycles. The molecular formula is C11H14BrN5O4. The molecule has 10 heteroatoms. The van der Waals surface area contributed by atoms with Crippen molar-refractivity contribution in [1.29, 1.82) is 0 Å². The standard InChI is InChI=1S/C11H14BrN5O4/c1-20-10-7-8(12)16-17(9(7)14-11(13)15-10)6-2-4(19)5(3-18)21-6/h4-6,18-19H,2-3H2,1H3,(H2,13,14,15)/t4-,5+,6+/m0/s1. The van der Waals surface area contributed by atoms with E-state index in [2.05, 4.69) is 31.0 Å².